The average molecular weight is 240 g/mol. The Morgan fingerprint density at radius 1 is 1.56 bits per heavy atom. The molecule has 0 bridgehead atoms. The lowest BCUT2D eigenvalue weighted by atomic mass is 9.94. The van der Waals surface area contributed by atoms with Gasteiger partial charge >= 0.3 is 0 Å². The molecule has 1 atom stereocenters. The lowest BCUT2D eigenvalue weighted by Gasteiger charge is -2.16. The highest BCUT2D eigenvalue weighted by atomic mass is 32.1. The van der Waals surface area contributed by atoms with E-state index < -0.39 is 0 Å². The van der Waals surface area contributed by atoms with E-state index in [4.69, 9.17) is 5.73 Å². The summed E-state index contributed by atoms with van der Waals surface area (Å²) in [7, 11) is 0. The van der Waals surface area contributed by atoms with Gasteiger partial charge in [-0.2, -0.15) is 11.3 Å². The Kier molecular flexibility index (Phi) is 5.49. The van der Waals surface area contributed by atoms with Crippen molar-refractivity contribution >= 4 is 22.9 Å². The molecule has 1 heterocycles. The van der Waals surface area contributed by atoms with Crippen molar-refractivity contribution in [3.63, 3.8) is 0 Å². The van der Waals surface area contributed by atoms with Gasteiger partial charge in [0.15, 0.2) is 0 Å². The van der Waals surface area contributed by atoms with Gasteiger partial charge in [-0.3, -0.25) is 4.79 Å². The van der Waals surface area contributed by atoms with E-state index in [0.717, 1.165) is 12.1 Å². The summed E-state index contributed by atoms with van der Waals surface area (Å²) in [6.07, 6.45) is 1.53. The van der Waals surface area contributed by atoms with Crippen LogP contribution in [0.5, 0.6) is 0 Å². The van der Waals surface area contributed by atoms with E-state index in [1.165, 1.54) is 0 Å². The molecule has 90 valence electrons. The zero-order valence-corrected chi connectivity index (χ0v) is 10.7. The van der Waals surface area contributed by atoms with E-state index in [-0.39, 0.29) is 5.91 Å². The fourth-order valence-corrected chi connectivity index (χ4v) is 2.33. The van der Waals surface area contributed by atoms with Gasteiger partial charge in [-0.05, 0) is 36.2 Å². The third-order valence-corrected chi connectivity index (χ3v) is 3.10. The quantitative estimate of drug-likeness (QED) is 0.803. The fraction of sp³-hybridized carbons (Fsp3) is 0.583. The largest absolute Gasteiger partial charge is 0.330 e. The monoisotopic (exact) mass is 240 g/mol. The maximum Gasteiger partial charge on any atom is 0.224 e. The van der Waals surface area contributed by atoms with Crippen molar-refractivity contribution in [2.24, 2.45) is 17.6 Å². The second kappa shape index (κ2) is 6.66. The number of anilines is 1. The molecule has 0 spiro atoms. The zero-order chi connectivity index (χ0) is 12.0. The van der Waals surface area contributed by atoms with E-state index in [2.05, 4.69) is 19.2 Å². The molecular weight excluding hydrogens is 220 g/mol. The number of carbonyl (C=O) groups is 1. The second-order valence-corrected chi connectivity index (χ2v) is 5.28. The molecule has 16 heavy (non-hydrogen) atoms. The summed E-state index contributed by atoms with van der Waals surface area (Å²) in [4.78, 5) is 11.7. The number of carbonyl (C=O) groups excluding carboxylic acids is 1. The van der Waals surface area contributed by atoms with Crippen molar-refractivity contribution < 1.29 is 4.79 Å². The number of hydrogen-bond donors (Lipinski definition) is 2. The highest BCUT2D eigenvalue weighted by Crippen LogP contribution is 2.17. The molecule has 0 aliphatic rings. The number of nitrogens with one attached hydrogen (secondary N) is 1. The molecule has 3 N–H and O–H groups in total. The van der Waals surface area contributed by atoms with Crippen molar-refractivity contribution in [2.45, 2.75) is 26.7 Å². The topological polar surface area (TPSA) is 55.1 Å². The third-order valence-electron chi connectivity index (χ3n) is 2.42. The summed E-state index contributed by atoms with van der Waals surface area (Å²) < 4.78 is 0. The molecule has 1 amide bonds. The summed E-state index contributed by atoms with van der Waals surface area (Å²) in [5.41, 5.74) is 6.55. The van der Waals surface area contributed by atoms with Gasteiger partial charge in [-0.1, -0.05) is 13.8 Å². The minimum atomic E-state index is 0.0644. The molecule has 1 rings (SSSR count). The molecule has 0 aliphatic carbocycles. The van der Waals surface area contributed by atoms with Crippen LogP contribution in [0.15, 0.2) is 16.8 Å². The van der Waals surface area contributed by atoms with Crippen molar-refractivity contribution in [3.05, 3.63) is 16.8 Å². The average Bonchev–Trinajstić information content (AvgIpc) is 2.68. The Hall–Kier alpha value is -0.870. The van der Waals surface area contributed by atoms with Crippen LogP contribution >= 0.6 is 11.3 Å². The maximum atomic E-state index is 11.7. The van der Waals surface area contributed by atoms with Crippen LogP contribution in [-0.2, 0) is 4.79 Å². The number of amides is 1. The second-order valence-electron chi connectivity index (χ2n) is 4.50. The van der Waals surface area contributed by atoms with Gasteiger partial charge in [0.05, 0.1) is 5.69 Å². The van der Waals surface area contributed by atoms with Crippen LogP contribution in [-0.4, -0.2) is 12.5 Å². The van der Waals surface area contributed by atoms with E-state index in [1.807, 2.05) is 16.8 Å². The molecule has 3 nitrogen and oxygen atoms in total. The molecular formula is C12H20N2OS. The van der Waals surface area contributed by atoms with Crippen LogP contribution in [0, 0.1) is 11.8 Å². The molecule has 1 aromatic rings. The van der Waals surface area contributed by atoms with E-state index >= 15 is 0 Å². The molecule has 4 heteroatoms. The number of nitrogens with two attached hydrogens (primary N) is 1. The molecule has 0 aromatic carbocycles. The standard InChI is InChI=1S/C12H20N2OS/c1-9(2)5-10(7-13)6-12(15)14-11-3-4-16-8-11/h3-4,8-10H,5-7,13H2,1-2H3,(H,14,15)/t10-/m0/s1. The first-order valence-corrected chi connectivity index (χ1v) is 6.58. The predicted molar refractivity (Wildman–Crippen MR) is 69.6 cm³/mol. The van der Waals surface area contributed by atoms with Crippen LogP contribution in [0.4, 0.5) is 5.69 Å². The maximum absolute atomic E-state index is 11.7. The van der Waals surface area contributed by atoms with Crippen LogP contribution in [0.3, 0.4) is 0 Å². The van der Waals surface area contributed by atoms with Gasteiger partial charge in [-0.15, -0.1) is 0 Å². The highest BCUT2D eigenvalue weighted by molar-refractivity contribution is 7.08. The van der Waals surface area contributed by atoms with E-state index in [9.17, 15) is 4.79 Å². The van der Waals surface area contributed by atoms with Gasteiger partial charge in [0.25, 0.3) is 0 Å². The minimum absolute atomic E-state index is 0.0644. The molecule has 0 radical (unpaired) electrons. The Bertz CT molecular complexity index is 309. The first kappa shape index (κ1) is 13.2. The van der Waals surface area contributed by atoms with Gasteiger partial charge < -0.3 is 11.1 Å². The molecule has 0 saturated heterocycles. The fourth-order valence-electron chi connectivity index (χ4n) is 1.74. The first-order valence-electron chi connectivity index (χ1n) is 5.64. The van der Waals surface area contributed by atoms with Gasteiger partial charge in [-0.25, -0.2) is 0 Å². The van der Waals surface area contributed by atoms with Gasteiger partial charge in [0.2, 0.25) is 5.91 Å². The highest BCUT2D eigenvalue weighted by Gasteiger charge is 2.14. The predicted octanol–water partition coefficient (Wildman–Crippen LogP) is 2.70. The molecule has 1 aromatic heterocycles. The SMILES string of the molecule is CC(C)C[C@H](CN)CC(=O)Nc1ccsc1. The molecule has 0 saturated carbocycles. The molecule has 0 aliphatic heterocycles. The lowest BCUT2D eigenvalue weighted by molar-refractivity contribution is -0.117. The Morgan fingerprint density at radius 2 is 2.31 bits per heavy atom. The normalized spacial score (nSPS) is 12.8. The lowest BCUT2D eigenvalue weighted by Crippen LogP contribution is -2.23. The van der Waals surface area contributed by atoms with Crippen LogP contribution in [0.2, 0.25) is 0 Å². The Labute approximate surface area is 101 Å². The van der Waals surface area contributed by atoms with Crippen molar-refractivity contribution in [3.8, 4) is 0 Å². The van der Waals surface area contributed by atoms with Crippen molar-refractivity contribution in [1.29, 1.82) is 0 Å². The Morgan fingerprint density at radius 3 is 2.81 bits per heavy atom. The number of rotatable bonds is 6. The minimum Gasteiger partial charge on any atom is -0.330 e. The summed E-state index contributed by atoms with van der Waals surface area (Å²) >= 11 is 1.58. The summed E-state index contributed by atoms with van der Waals surface area (Å²) in [6, 6.07) is 1.91. The van der Waals surface area contributed by atoms with Crippen LogP contribution in [0.25, 0.3) is 0 Å². The van der Waals surface area contributed by atoms with E-state index in [0.29, 0.717) is 24.8 Å². The summed E-state index contributed by atoms with van der Waals surface area (Å²) in [5, 5.41) is 6.75. The van der Waals surface area contributed by atoms with Gasteiger partial charge in [0.1, 0.15) is 0 Å². The first-order chi connectivity index (χ1) is 7.61. The zero-order valence-electron chi connectivity index (χ0n) is 9.90. The summed E-state index contributed by atoms with van der Waals surface area (Å²) in [6.45, 7) is 4.88. The molecule has 0 unspecified atom stereocenters. The third kappa shape index (κ3) is 4.77. The van der Waals surface area contributed by atoms with Crippen molar-refractivity contribution in [2.75, 3.05) is 11.9 Å². The summed E-state index contributed by atoms with van der Waals surface area (Å²) in [5.74, 6) is 0.940. The van der Waals surface area contributed by atoms with E-state index in [1.54, 1.807) is 11.3 Å². The molecule has 0 fully saturated rings. The number of hydrogen-bond acceptors (Lipinski definition) is 3. The van der Waals surface area contributed by atoms with Crippen LogP contribution < -0.4 is 11.1 Å². The van der Waals surface area contributed by atoms with Crippen LogP contribution in [0.1, 0.15) is 26.7 Å². The smallest absolute Gasteiger partial charge is 0.224 e. The number of thiophene rings is 1. The Balaban J connectivity index is 2.37. The van der Waals surface area contributed by atoms with Crippen molar-refractivity contribution in [1.82, 2.24) is 0 Å². The van der Waals surface area contributed by atoms with Gasteiger partial charge in [0, 0.05) is 11.8 Å².